The van der Waals surface area contributed by atoms with Crippen molar-refractivity contribution in [1.29, 1.82) is 0 Å². The van der Waals surface area contributed by atoms with Gasteiger partial charge in [-0.1, -0.05) is 6.42 Å². The van der Waals surface area contributed by atoms with Gasteiger partial charge in [0.05, 0.1) is 16.9 Å². The molecule has 3 atom stereocenters. The van der Waals surface area contributed by atoms with Crippen LogP contribution in [0.2, 0.25) is 0 Å². The number of aliphatic hydroxyl groups is 1. The molecule has 0 aromatic rings. The van der Waals surface area contributed by atoms with E-state index in [1.54, 1.807) is 0 Å². The van der Waals surface area contributed by atoms with Crippen molar-refractivity contribution >= 4 is 11.8 Å². The van der Waals surface area contributed by atoms with Crippen LogP contribution < -0.4 is 0 Å². The molecule has 4 heteroatoms. The van der Waals surface area contributed by atoms with Crippen molar-refractivity contribution < 1.29 is 19.4 Å². The first-order valence-corrected chi connectivity index (χ1v) is 7.59. The standard InChI is InChI=1S/C16H26O4/c1-14(2,3)20-13(18)11-7-5-9-15(4)12(17)8-6-10-16(11,15)19/h11,19H,5-10H2,1-4H3/t11-,15+,16+/m1/s1. The van der Waals surface area contributed by atoms with Crippen LogP contribution >= 0.6 is 0 Å². The average molecular weight is 282 g/mol. The third-order valence-corrected chi connectivity index (χ3v) is 4.97. The van der Waals surface area contributed by atoms with Gasteiger partial charge in [0.1, 0.15) is 11.4 Å². The fourth-order valence-electron chi connectivity index (χ4n) is 3.81. The number of esters is 1. The van der Waals surface area contributed by atoms with Crippen LogP contribution in [0.25, 0.3) is 0 Å². The lowest BCUT2D eigenvalue weighted by Crippen LogP contribution is -2.62. The number of ether oxygens (including phenoxy) is 1. The minimum Gasteiger partial charge on any atom is -0.460 e. The Kier molecular flexibility index (Phi) is 3.74. The SMILES string of the molecule is CC(C)(C)OC(=O)[C@H]1CCC[C@@]2(C)C(=O)CCC[C@]12O. The van der Waals surface area contributed by atoms with Crippen LogP contribution in [0.5, 0.6) is 0 Å². The molecule has 0 heterocycles. The molecular formula is C16H26O4. The fourth-order valence-corrected chi connectivity index (χ4v) is 3.81. The number of carbonyl (C=O) groups is 2. The molecule has 0 amide bonds. The summed E-state index contributed by atoms with van der Waals surface area (Å²) >= 11 is 0. The van der Waals surface area contributed by atoms with Gasteiger partial charge in [-0.2, -0.15) is 0 Å². The average Bonchev–Trinajstić information content (AvgIpc) is 2.29. The summed E-state index contributed by atoms with van der Waals surface area (Å²) in [5, 5.41) is 11.1. The molecule has 2 aliphatic carbocycles. The molecule has 2 rings (SSSR count). The first-order chi connectivity index (χ1) is 9.10. The molecule has 2 fully saturated rings. The molecule has 20 heavy (non-hydrogen) atoms. The number of ketones is 1. The summed E-state index contributed by atoms with van der Waals surface area (Å²) in [6.45, 7) is 7.29. The van der Waals surface area contributed by atoms with E-state index in [9.17, 15) is 14.7 Å². The molecule has 4 nitrogen and oxygen atoms in total. The highest BCUT2D eigenvalue weighted by Crippen LogP contribution is 2.54. The van der Waals surface area contributed by atoms with Gasteiger partial charge >= 0.3 is 5.97 Å². The van der Waals surface area contributed by atoms with Crippen LogP contribution in [0, 0.1) is 11.3 Å². The second kappa shape index (κ2) is 4.83. The summed E-state index contributed by atoms with van der Waals surface area (Å²) in [5.74, 6) is -0.843. The van der Waals surface area contributed by atoms with Gasteiger partial charge in [-0.15, -0.1) is 0 Å². The number of carbonyl (C=O) groups excluding carboxylic acids is 2. The van der Waals surface area contributed by atoms with Crippen LogP contribution in [-0.2, 0) is 14.3 Å². The predicted molar refractivity (Wildman–Crippen MR) is 75.1 cm³/mol. The van der Waals surface area contributed by atoms with Gasteiger partial charge in [0.15, 0.2) is 0 Å². The molecule has 0 unspecified atom stereocenters. The Morgan fingerprint density at radius 2 is 1.95 bits per heavy atom. The van der Waals surface area contributed by atoms with Crippen molar-refractivity contribution in [1.82, 2.24) is 0 Å². The molecule has 0 bridgehead atoms. The number of hydrogen-bond acceptors (Lipinski definition) is 4. The summed E-state index contributed by atoms with van der Waals surface area (Å²) in [4.78, 5) is 24.7. The number of Topliss-reactive ketones (excluding diaryl/α,β-unsaturated/α-hetero) is 1. The van der Waals surface area contributed by atoms with E-state index in [0.717, 1.165) is 6.42 Å². The zero-order chi connectivity index (χ0) is 15.2. The maximum Gasteiger partial charge on any atom is 0.312 e. The van der Waals surface area contributed by atoms with Crippen molar-refractivity contribution in [2.45, 2.75) is 77.4 Å². The molecule has 2 aliphatic rings. The highest BCUT2D eigenvalue weighted by molar-refractivity contribution is 5.88. The number of rotatable bonds is 1. The monoisotopic (exact) mass is 282 g/mol. The first-order valence-electron chi connectivity index (χ1n) is 7.59. The molecule has 0 aromatic heterocycles. The van der Waals surface area contributed by atoms with Gasteiger partial charge in [0.25, 0.3) is 0 Å². The summed E-state index contributed by atoms with van der Waals surface area (Å²) in [7, 11) is 0. The lowest BCUT2D eigenvalue weighted by molar-refractivity contribution is -0.200. The summed E-state index contributed by atoms with van der Waals surface area (Å²) < 4.78 is 5.46. The summed E-state index contributed by atoms with van der Waals surface area (Å²) in [6.07, 6.45) is 3.74. The second-order valence-electron chi connectivity index (χ2n) is 7.51. The van der Waals surface area contributed by atoms with Gasteiger partial charge in [-0.05, 0) is 53.4 Å². The summed E-state index contributed by atoms with van der Waals surface area (Å²) in [5.41, 5.74) is -2.59. The minimum atomic E-state index is -1.23. The maximum atomic E-state index is 12.4. The van der Waals surface area contributed by atoms with E-state index in [1.165, 1.54) is 0 Å². The normalized spacial score (nSPS) is 38.2. The van der Waals surface area contributed by atoms with Crippen molar-refractivity contribution in [3.63, 3.8) is 0 Å². The topological polar surface area (TPSA) is 63.6 Å². The highest BCUT2D eigenvalue weighted by atomic mass is 16.6. The minimum absolute atomic E-state index is 0.0968. The molecule has 0 spiro atoms. The second-order valence-corrected chi connectivity index (χ2v) is 7.51. The van der Waals surface area contributed by atoms with Crippen molar-refractivity contribution in [3.05, 3.63) is 0 Å². The highest BCUT2D eigenvalue weighted by Gasteiger charge is 2.61. The van der Waals surface area contributed by atoms with E-state index < -0.39 is 22.5 Å². The molecule has 0 radical (unpaired) electrons. The van der Waals surface area contributed by atoms with Gasteiger partial charge in [-0.25, -0.2) is 0 Å². The van der Waals surface area contributed by atoms with E-state index in [0.29, 0.717) is 32.1 Å². The van der Waals surface area contributed by atoms with E-state index in [4.69, 9.17) is 4.74 Å². The molecule has 0 aliphatic heterocycles. The third-order valence-electron chi connectivity index (χ3n) is 4.97. The Labute approximate surface area is 120 Å². The molecule has 0 aromatic carbocycles. The zero-order valence-electron chi connectivity index (χ0n) is 13.0. The lowest BCUT2D eigenvalue weighted by Gasteiger charge is -2.53. The van der Waals surface area contributed by atoms with Crippen LogP contribution in [-0.4, -0.2) is 28.1 Å². The predicted octanol–water partition coefficient (Wildman–Crippen LogP) is 2.62. The third kappa shape index (κ3) is 2.39. The van der Waals surface area contributed by atoms with Crippen LogP contribution in [0.15, 0.2) is 0 Å². The molecule has 0 saturated heterocycles. The van der Waals surface area contributed by atoms with Crippen LogP contribution in [0.4, 0.5) is 0 Å². The van der Waals surface area contributed by atoms with Crippen molar-refractivity contribution in [2.75, 3.05) is 0 Å². The van der Waals surface area contributed by atoms with Crippen LogP contribution in [0.3, 0.4) is 0 Å². The van der Waals surface area contributed by atoms with Gasteiger partial charge < -0.3 is 9.84 Å². The Bertz CT molecular complexity index is 423. The Morgan fingerprint density at radius 1 is 1.30 bits per heavy atom. The first kappa shape index (κ1) is 15.5. The van der Waals surface area contributed by atoms with E-state index >= 15 is 0 Å². The largest absolute Gasteiger partial charge is 0.460 e. The molecule has 114 valence electrons. The fraction of sp³-hybridized carbons (Fsp3) is 0.875. The molecule has 1 N–H and O–H groups in total. The Balaban J connectivity index is 2.30. The van der Waals surface area contributed by atoms with E-state index in [1.807, 2.05) is 27.7 Å². The van der Waals surface area contributed by atoms with Gasteiger partial charge in [0.2, 0.25) is 0 Å². The van der Waals surface area contributed by atoms with Crippen LogP contribution in [0.1, 0.15) is 66.2 Å². The van der Waals surface area contributed by atoms with E-state index in [-0.39, 0.29) is 11.8 Å². The van der Waals surface area contributed by atoms with Gasteiger partial charge in [-0.3, -0.25) is 9.59 Å². The Hall–Kier alpha value is -0.900. The number of fused-ring (bicyclic) bond motifs is 1. The zero-order valence-corrected chi connectivity index (χ0v) is 13.0. The molecular weight excluding hydrogens is 256 g/mol. The Morgan fingerprint density at radius 3 is 2.55 bits per heavy atom. The van der Waals surface area contributed by atoms with Crippen molar-refractivity contribution in [3.8, 4) is 0 Å². The van der Waals surface area contributed by atoms with Crippen molar-refractivity contribution in [2.24, 2.45) is 11.3 Å². The van der Waals surface area contributed by atoms with E-state index in [2.05, 4.69) is 0 Å². The number of hydrogen-bond donors (Lipinski definition) is 1. The summed E-state index contributed by atoms with van der Waals surface area (Å²) in [6, 6.07) is 0. The quantitative estimate of drug-likeness (QED) is 0.751. The smallest absolute Gasteiger partial charge is 0.312 e. The maximum absolute atomic E-state index is 12.4. The van der Waals surface area contributed by atoms with Gasteiger partial charge in [0, 0.05) is 6.42 Å². The lowest BCUT2D eigenvalue weighted by atomic mass is 9.53. The molecule has 2 saturated carbocycles.